The first-order valence-corrected chi connectivity index (χ1v) is 7.05. The molecule has 158 valence electrons. The van der Waals surface area contributed by atoms with Gasteiger partial charge >= 0.3 is 30.1 Å². The molecule has 0 rings (SSSR count). The van der Waals surface area contributed by atoms with Crippen molar-refractivity contribution in [2.24, 2.45) is 0 Å². The fraction of sp³-hybridized carbons (Fsp3) is 1.00. The van der Waals surface area contributed by atoms with E-state index >= 15 is 0 Å². The Morgan fingerprint density at radius 3 is 1.23 bits per heavy atom. The summed E-state index contributed by atoms with van der Waals surface area (Å²) in [4.78, 5) is 0. The minimum absolute atomic E-state index is 0.152. The maximum atomic E-state index is 13.6. The Morgan fingerprint density at radius 1 is 0.577 bits per heavy atom. The van der Waals surface area contributed by atoms with Crippen LogP contribution in [0, 0.1) is 0 Å². The smallest absolute Gasteiger partial charge is 0.302 e. The molecule has 0 spiro atoms. The van der Waals surface area contributed by atoms with Crippen molar-refractivity contribution in [1.29, 1.82) is 0 Å². The Labute approximate surface area is 140 Å². The molecule has 0 heterocycles. The summed E-state index contributed by atoms with van der Waals surface area (Å²) in [6.45, 7) is 0.617. The summed E-state index contributed by atoms with van der Waals surface area (Å²) in [5.41, 5.74) is -8.58. The average molecular weight is 416 g/mol. The molecule has 0 N–H and O–H groups in total. The molecular weight excluding hydrogens is 400 g/mol. The van der Waals surface area contributed by atoms with Crippen LogP contribution in [0.4, 0.5) is 52.7 Å². The SMILES string of the molecule is CCC(C)(F)C(F)(F)C(F)(F)C(F)(F)OC(C)(CC)C(F)(F)C(F)(F)F. The van der Waals surface area contributed by atoms with Gasteiger partial charge in [0, 0.05) is 0 Å². The Bertz CT molecular complexity index is 496. The van der Waals surface area contributed by atoms with Crippen LogP contribution in [0.1, 0.15) is 40.5 Å². The van der Waals surface area contributed by atoms with E-state index in [0.29, 0.717) is 13.8 Å². The van der Waals surface area contributed by atoms with Gasteiger partial charge in [0.15, 0.2) is 5.67 Å². The number of halogens is 12. The van der Waals surface area contributed by atoms with Crippen molar-refractivity contribution in [3.8, 4) is 0 Å². The fourth-order valence-corrected chi connectivity index (χ4v) is 1.74. The van der Waals surface area contributed by atoms with Crippen LogP contribution >= 0.6 is 0 Å². The van der Waals surface area contributed by atoms with Crippen molar-refractivity contribution >= 4 is 0 Å². The van der Waals surface area contributed by atoms with E-state index in [1.807, 2.05) is 0 Å². The summed E-state index contributed by atoms with van der Waals surface area (Å²) in [7, 11) is 0. The Balaban J connectivity index is 6.18. The number of alkyl halides is 12. The summed E-state index contributed by atoms with van der Waals surface area (Å²) in [5, 5.41) is 0. The fourth-order valence-electron chi connectivity index (χ4n) is 1.74. The zero-order valence-electron chi connectivity index (χ0n) is 13.9. The second-order valence-corrected chi connectivity index (χ2v) is 5.98. The lowest BCUT2D eigenvalue weighted by atomic mass is 9.90. The van der Waals surface area contributed by atoms with E-state index in [1.54, 1.807) is 0 Å². The van der Waals surface area contributed by atoms with Gasteiger partial charge in [-0.3, -0.25) is 0 Å². The summed E-state index contributed by atoms with van der Waals surface area (Å²) in [6, 6.07) is 0. The van der Waals surface area contributed by atoms with E-state index in [1.165, 1.54) is 0 Å². The van der Waals surface area contributed by atoms with Gasteiger partial charge in [0.2, 0.25) is 0 Å². The molecule has 0 radical (unpaired) electrons. The van der Waals surface area contributed by atoms with Gasteiger partial charge in [-0.25, -0.2) is 4.39 Å². The molecule has 0 aliphatic rings. The van der Waals surface area contributed by atoms with E-state index in [0.717, 1.165) is 0 Å². The molecular formula is C13H16F12O. The lowest BCUT2D eigenvalue weighted by molar-refractivity contribution is -0.461. The van der Waals surface area contributed by atoms with Crippen molar-refractivity contribution in [3.05, 3.63) is 0 Å². The van der Waals surface area contributed by atoms with E-state index in [4.69, 9.17) is 0 Å². The average Bonchev–Trinajstić information content (AvgIpc) is 2.44. The summed E-state index contributed by atoms with van der Waals surface area (Å²) in [5.74, 6) is -19.0. The molecule has 0 bridgehead atoms. The van der Waals surface area contributed by atoms with E-state index in [9.17, 15) is 52.7 Å². The minimum Gasteiger partial charge on any atom is -0.302 e. The standard InChI is InChI=1S/C13H16F12O/c1-5-7(3,14)9(15,16)11(19,20)13(24,25)26-8(4,6-2)10(17,18)12(21,22)23/h5-6H2,1-4H3. The van der Waals surface area contributed by atoms with Gasteiger partial charge < -0.3 is 4.74 Å². The zero-order chi connectivity index (χ0) is 21.6. The van der Waals surface area contributed by atoms with Crippen LogP contribution in [0.2, 0.25) is 0 Å². The molecule has 0 fully saturated rings. The molecule has 0 saturated heterocycles. The highest BCUT2D eigenvalue weighted by molar-refractivity contribution is 5.05. The number of ether oxygens (including phenoxy) is 1. The molecule has 0 amide bonds. The van der Waals surface area contributed by atoms with Gasteiger partial charge in [-0.1, -0.05) is 13.8 Å². The molecule has 0 aromatic carbocycles. The quantitative estimate of drug-likeness (QED) is 0.418. The van der Waals surface area contributed by atoms with Crippen LogP contribution in [0.25, 0.3) is 0 Å². The molecule has 0 aromatic rings. The molecule has 1 nitrogen and oxygen atoms in total. The van der Waals surface area contributed by atoms with Gasteiger partial charge in [0.1, 0.15) is 5.60 Å². The third kappa shape index (κ3) is 3.59. The first-order chi connectivity index (χ1) is 11.1. The first-order valence-electron chi connectivity index (χ1n) is 7.05. The van der Waals surface area contributed by atoms with Crippen LogP contribution in [0.3, 0.4) is 0 Å². The van der Waals surface area contributed by atoms with Gasteiger partial charge in [-0.05, 0) is 26.7 Å². The number of rotatable bonds is 8. The summed E-state index contributed by atoms with van der Waals surface area (Å²) < 4.78 is 162. The van der Waals surface area contributed by atoms with Gasteiger partial charge in [0.05, 0.1) is 0 Å². The Kier molecular flexibility index (Phi) is 6.40. The Hall–Kier alpha value is -0.880. The minimum atomic E-state index is -6.74. The zero-order valence-corrected chi connectivity index (χ0v) is 13.9. The van der Waals surface area contributed by atoms with Crippen LogP contribution in [0.15, 0.2) is 0 Å². The normalized spacial score (nSPS) is 19.8. The van der Waals surface area contributed by atoms with Crippen molar-refractivity contribution < 1.29 is 57.4 Å². The first kappa shape index (κ1) is 25.1. The molecule has 0 saturated carbocycles. The highest BCUT2D eigenvalue weighted by Crippen LogP contribution is 2.56. The van der Waals surface area contributed by atoms with Crippen molar-refractivity contribution in [2.45, 2.75) is 81.9 Å². The maximum Gasteiger partial charge on any atom is 0.456 e. The molecule has 2 unspecified atom stereocenters. The van der Waals surface area contributed by atoms with Gasteiger partial charge in [0.25, 0.3) is 0 Å². The second-order valence-electron chi connectivity index (χ2n) is 5.98. The highest BCUT2D eigenvalue weighted by Gasteiger charge is 2.81. The lowest BCUT2D eigenvalue weighted by Gasteiger charge is -2.43. The summed E-state index contributed by atoms with van der Waals surface area (Å²) in [6.07, 6.45) is -16.1. The van der Waals surface area contributed by atoms with E-state index in [-0.39, 0.29) is 13.8 Å². The molecule has 26 heavy (non-hydrogen) atoms. The topological polar surface area (TPSA) is 9.23 Å². The van der Waals surface area contributed by atoms with Crippen LogP contribution < -0.4 is 0 Å². The van der Waals surface area contributed by atoms with Crippen LogP contribution in [0.5, 0.6) is 0 Å². The third-order valence-electron chi connectivity index (χ3n) is 4.13. The largest absolute Gasteiger partial charge is 0.456 e. The predicted molar refractivity (Wildman–Crippen MR) is 65.4 cm³/mol. The number of hydrogen-bond acceptors (Lipinski definition) is 1. The third-order valence-corrected chi connectivity index (χ3v) is 4.13. The van der Waals surface area contributed by atoms with E-state index < -0.39 is 54.2 Å². The van der Waals surface area contributed by atoms with Crippen LogP contribution in [-0.4, -0.2) is 41.3 Å². The van der Waals surface area contributed by atoms with Crippen molar-refractivity contribution in [3.63, 3.8) is 0 Å². The molecule has 0 aliphatic carbocycles. The molecule has 13 heteroatoms. The molecule has 0 aliphatic heterocycles. The summed E-state index contributed by atoms with van der Waals surface area (Å²) >= 11 is 0. The second kappa shape index (κ2) is 6.62. The van der Waals surface area contributed by atoms with E-state index in [2.05, 4.69) is 4.74 Å². The molecule has 2 atom stereocenters. The van der Waals surface area contributed by atoms with Gasteiger partial charge in [-0.15, -0.1) is 0 Å². The van der Waals surface area contributed by atoms with Crippen molar-refractivity contribution in [2.75, 3.05) is 0 Å². The number of hydrogen-bond donors (Lipinski definition) is 0. The molecule has 0 aromatic heterocycles. The maximum absolute atomic E-state index is 13.6. The lowest BCUT2D eigenvalue weighted by Crippen LogP contribution is -2.67. The van der Waals surface area contributed by atoms with Gasteiger partial charge in [-0.2, -0.15) is 48.3 Å². The van der Waals surface area contributed by atoms with Crippen LogP contribution in [-0.2, 0) is 4.74 Å². The van der Waals surface area contributed by atoms with Crippen molar-refractivity contribution in [1.82, 2.24) is 0 Å². The Morgan fingerprint density at radius 2 is 0.962 bits per heavy atom. The predicted octanol–water partition coefficient (Wildman–Crippen LogP) is 6.37. The highest BCUT2D eigenvalue weighted by atomic mass is 19.4. The monoisotopic (exact) mass is 416 g/mol.